The van der Waals surface area contributed by atoms with Crippen LogP contribution in [0.1, 0.15) is 18.4 Å². The molecule has 0 aromatic heterocycles. The van der Waals surface area contributed by atoms with Crippen molar-refractivity contribution in [3.8, 4) is 17.2 Å². The molecule has 142 valence electrons. The summed E-state index contributed by atoms with van der Waals surface area (Å²) in [5.74, 6) is 1.77. The first-order valence-corrected chi connectivity index (χ1v) is 8.00. The minimum Gasteiger partial charge on any atom is -0.496 e. The number of ether oxygens (including phenoxy) is 4. The first-order chi connectivity index (χ1) is 11.6. The van der Waals surface area contributed by atoms with Crippen LogP contribution in [0.5, 0.6) is 17.2 Å². The second kappa shape index (κ2) is 10.3. The average Bonchev–Trinajstić information content (AvgIpc) is 2.65. The van der Waals surface area contributed by atoms with Gasteiger partial charge in [-0.15, -0.1) is 12.4 Å². The zero-order chi connectivity index (χ0) is 17.5. The van der Waals surface area contributed by atoms with Crippen LogP contribution in [0, 0.1) is 5.92 Å². The molecule has 1 unspecified atom stereocenters. The maximum Gasteiger partial charge on any atom is 0.237 e. The van der Waals surface area contributed by atoms with E-state index in [2.05, 4.69) is 5.32 Å². The van der Waals surface area contributed by atoms with Crippen LogP contribution < -0.4 is 25.3 Å². The number of hydrogen-bond acceptors (Lipinski definition) is 6. The van der Waals surface area contributed by atoms with Gasteiger partial charge in [0.05, 0.1) is 39.5 Å². The standard InChI is InChI=1S/C17H26N2O5.ClH/c1-21-12-8-14(22-2)13(15(9-12)23-3)10-19-17(20)16(18)11-4-6-24-7-5-11;/h8-9,11,16H,4-7,10,18H2,1-3H3,(H,19,20);1H. The van der Waals surface area contributed by atoms with E-state index in [0.717, 1.165) is 18.4 Å². The molecule has 1 heterocycles. The van der Waals surface area contributed by atoms with Gasteiger partial charge in [-0.05, 0) is 18.8 Å². The van der Waals surface area contributed by atoms with E-state index in [-0.39, 0.29) is 30.8 Å². The lowest BCUT2D eigenvalue weighted by atomic mass is 9.92. The molecule has 0 aliphatic carbocycles. The van der Waals surface area contributed by atoms with Crippen LogP contribution >= 0.6 is 12.4 Å². The van der Waals surface area contributed by atoms with Gasteiger partial charge in [-0.3, -0.25) is 4.79 Å². The lowest BCUT2D eigenvalue weighted by Gasteiger charge is -2.27. The Labute approximate surface area is 154 Å². The molecule has 1 aromatic carbocycles. The summed E-state index contributed by atoms with van der Waals surface area (Å²) in [6, 6.07) is 2.97. The van der Waals surface area contributed by atoms with E-state index in [9.17, 15) is 4.79 Å². The number of carbonyl (C=O) groups excluding carboxylic acids is 1. The Bertz CT molecular complexity index is 539. The van der Waals surface area contributed by atoms with E-state index < -0.39 is 6.04 Å². The van der Waals surface area contributed by atoms with Crippen LogP contribution in [0.4, 0.5) is 0 Å². The van der Waals surface area contributed by atoms with Crippen molar-refractivity contribution >= 4 is 18.3 Å². The van der Waals surface area contributed by atoms with Crippen LogP contribution in [0.2, 0.25) is 0 Å². The second-order valence-electron chi connectivity index (χ2n) is 5.70. The van der Waals surface area contributed by atoms with E-state index in [0.29, 0.717) is 30.5 Å². The Hall–Kier alpha value is -1.70. The molecule has 3 N–H and O–H groups in total. The molecule has 7 nitrogen and oxygen atoms in total. The summed E-state index contributed by atoms with van der Waals surface area (Å²) in [6.07, 6.45) is 1.62. The van der Waals surface area contributed by atoms with Crippen LogP contribution in [0.25, 0.3) is 0 Å². The van der Waals surface area contributed by atoms with Crippen molar-refractivity contribution in [2.45, 2.75) is 25.4 Å². The Morgan fingerprint density at radius 1 is 1.20 bits per heavy atom. The average molecular weight is 375 g/mol. The SMILES string of the molecule is COc1cc(OC)c(CNC(=O)C(N)C2CCOCC2)c(OC)c1.Cl. The summed E-state index contributed by atoms with van der Waals surface area (Å²) in [5, 5.41) is 2.88. The summed E-state index contributed by atoms with van der Waals surface area (Å²) in [7, 11) is 4.70. The second-order valence-corrected chi connectivity index (χ2v) is 5.70. The van der Waals surface area contributed by atoms with Gasteiger partial charge in [-0.2, -0.15) is 0 Å². The van der Waals surface area contributed by atoms with Crippen LogP contribution in [-0.2, 0) is 16.1 Å². The van der Waals surface area contributed by atoms with E-state index in [1.807, 2.05) is 0 Å². The minimum absolute atomic E-state index is 0. The molecule has 8 heteroatoms. The summed E-state index contributed by atoms with van der Waals surface area (Å²) in [5.41, 5.74) is 6.84. The third-order valence-electron chi connectivity index (χ3n) is 4.33. The fourth-order valence-corrected chi connectivity index (χ4v) is 2.83. The number of nitrogens with one attached hydrogen (secondary N) is 1. The molecule has 1 saturated heterocycles. The molecule has 1 aliphatic heterocycles. The third-order valence-corrected chi connectivity index (χ3v) is 4.33. The van der Waals surface area contributed by atoms with E-state index in [1.54, 1.807) is 33.5 Å². The van der Waals surface area contributed by atoms with Gasteiger partial charge in [-0.25, -0.2) is 0 Å². The van der Waals surface area contributed by atoms with E-state index in [1.165, 1.54) is 0 Å². The molecule has 1 atom stereocenters. The van der Waals surface area contributed by atoms with Crippen molar-refractivity contribution in [3.63, 3.8) is 0 Å². The molecule has 25 heavy (non-hydrogen) atoms. The first-order valence-electron chi connectivity index (χ1n) is 8.00. The number of amides is 1. The molecule has 0 bridgehead atoms. The summed E-state index contributed by atoms with van der Waals surface area (Å²) >= 11 is 0. The highest BCUT2D eigenvalue weighted by atomic mass is 35.5. The van der Waals surface area contributed by atoms with Crippen molar-refractivity contribution in [1.29, 1.82) is 0 Å². The smallest absolute Gasteiger partial charge is 0.237 e. The molecule has 1 amide bonds. The zero-order valence-corrected chi connectivity index (χ0v) is 15.7. The van der Waals surface area contributed by atoms with Gasteiger partial charge < -0.3 is 30.0 Å². The third kappa shape index (κ3) is 5.39. The lowest BCUT2D eigenvalue weighted by molar-refractivity contribution is -0.124. The van der Waals surface area contributed by atoms with Gasteiger partial charge in [0.1, 0.15) is 17.2 Å². The first kappa shape index (κ1) is 21.3. The number of halogens is 1. The van der Waals surface area contributed by atoms with Crippen LogP contribution in [0.3, 0.4) is 0 Å². The van der Waals surface area contributed by atoms with Crippen molar-refractivity contribution in [1.82, 2.24) is 5.32 Å². The zero-order valence-electron chi connectivity index (χ0n) is 14.9. The van der Waals surface area contributed by atoms with Crippen molar-refractivity contribution in [3.05, 3.63) is 17.7 Å². The predicted molar refractivity (Wildman–Crippen MR) is 96.7 cm³/mol. The molecule has 0 saturated carbocycles. The molecule has 1 aliphatic rings. The maximum atomic E-state index is 12.4. The molecule has 1 fully saturated rings. The van der Waals surface area contributed by atoms with E-state index in [4.69, 9.17) is 24.7 Å². The summed E-state index contributed by atoms with van der Waals surface area (Å²) in [6.45, 7) is 1.59. The molecular weight excluding hydrogens is 348 g/mol. The largest absolute Gasteiger partial charge is 0.496 e. The molecule has 1 aromatic rings. The number of carbonyl (C=O) groups is 1. The maximum absolute atomic E-state index is 12.4. The quantitative estimate of drug-likeness (QED) is 0.751. The summed E-state index contributed by atoms with van der Waals surface area (Å²) in [4.78, 5) is 12.4. The minimum atomic E-state index is -0.538. The fourth-order valence-electron chi connectivity index (χ4n) is 2.83. The summed E-state index contributed by atoms with van der Waals surface area (Å²) < 4.78 is 21.3. The van der Waals surface area contributed by atoms with Gasteiger partial charge in [0.15, 0.2) is 0 Å². The Morgan fingerprint density at radius 2 is 1.76 bits per heavy atom. The highest BCUT2D eigenvalue weighted by molar-refractivity contribution is 5.85. The Balaban J connectivity index is 0.00000312. The highest BCUT2D eigenvalue weighted by Gasteiger charge is 2.26. The van der Waals surface area contributed by atoms with Gasteiger partial charge in [0, 0.05) is 25.3 Å². The highest BCUT2D eigenvalue weighted by Crippen LogP contribution is 2.33. The number of rotatable bonds is 7. The van der Waals surface area contributed by atoms with Gasteiger partial charge >= 0.3 is 0 Å². The number of methoxy groups -OCH3 is 3. The molecule has 0 radical (unpaired) electrons. The van der Waals surface area contributed by atoms with Gasteiger partial charge in [0.25, 0.3) is 0 Å². The Morgan fingerprint density at radius 3 is 2.24 bits per heavy atom. The number of benzene rings is 1. The lowest BCUT2D eigenvalue weighted by Crippen LogP contribution is -2.46. The van der Waals surface area contributed by atoms with Crippen LogP contribution in [-0.4, -0.2) is 46.5 Å². The van der Waals surface area contributed by atoms with Gasteiger partial charge in [-0.1, -0.05) is 0 Å². The van der Waals surface area contributed by atoms with Crippen molar-refractivity contribution in [2.75, 3.05) is 34.5 Å². The fraction of sp³-hybridized carbons (Fsp3) is 0.588. The molecular formula is C17H27ClN2O5. The molecule has 0 spiro atoms. The topological polar surface area (TPSA) is 92.0 Å². The number of hydrogen-bond donors (Lipinski definition) is 2. The number of nitrogens with two attached hydrogens (primary N) is 1. The monoisotopic (exact) mass is 374 g/mol. The van der Waals surface area contributed by atoms with Gasteiger partial charge in [0.2, 0.25) is 5.91 Å². The van der Waals surface area contributed by atoms with Crippen molar-refractivity contribution in [2.24, 2.45) is 11.7 Å². The predicted octanol–water partition coefficient (Wildman–Crippen LogP) is 1.50. The molecule has 2 rings (SSSR count). The Kier molecular flexibility index (Phi) is 8.82. The van der Waals surface area contributed by atoms with Crippen molar-refractivity contribution < 1.29 is 23.7 Å². The van der Waals surface area contributed by atoms with Crippen LogP contribution in [0.15, 0.2) is 12.1 Å². The normalized spacial score (nSPS) is 15.7. The van der Waals surface area contributed by atoms with E-state index >= 15 is 0 Å².